The number of hydrogen-bond acceptors (Lipinski definition) is 5. The Morgan fingerprint density at radius 3 is 2.53 bits per heavy atom. The van der Waals surface area contributed by atoms with Crippen LogP contribution in [-0.4, -0.2) is 25.0 Å². The lowest BCUT2D eigenvalue weighted by Crippen LogP contribution is -2.54. The third-order valence-corrected chi connectivity index (χ3v) is 6.61. The first kappa shape index (κ1) is 25.5. The number of amides is 4. The number of nitrogens with zero attached hydrogens (tertiary/aromatic N) is 1. The van der Waals surface area contributed by atoms with Crippen molar-refractivity contribution in [2.24, 2.45) is 0 Å². The molecule has 0 spiro atoms. The van der Waals surface area contributed by atoms with Gasteiger partial charge in [0.15, 0.2) is 11.5 Å². The average Bonchev–Trinajstić information content (AvgIpc) is 2.83. The lowest BCUT2D eigenvalue weighted by Gasteiger charge is -2.27. The molecule has 0 aliphatic carbocycles. The monoisotopic (exact) mass is 568 g/mol. The van der Waals surface area contributed by atoms with E-state index in [1.165, 1.54) is 13.2 Å². The van der Waals surface area contributed by atoms with E-state index in [0.29, 0.717) is 44.4 Å². The molecule has 184 valence electrons. The van der Waals surface area contributed by atoms with Crippen molar-refractivity contribution in [2.75, 3.05) is 12.0 Å². The van der Waals surface area contributed by atoms with E-state index in [-0.39, 0.29) is 5.57 Å². The van der Waals surface area contributed by atoms with Crippen molar-refractivity contribution in [3.05, 3.63) is 91.9 Å². The van der Waals surface area contributed by atoms with Gasteiger partial charge in [-0.25, -0.2) is 9.69 Å². The third kappa shape index (κ3) is 5.15. The van der Waals surface area contributed by atoms with Gasteiger partial charge in [-0.2, -0.15) is 0 Å². The van der Waals surface area contributed by atoms with Crippen molar-refractivity contribution in [1.82, 2.24) is 5.32 Å². The van der Waals surface area contributed by atoms with Crippen LogP contribution in [0.1, 0.15) is 22.3 Å². The number of carbonyl (C=O) groups excluding carboxylic acids is 3. The third-order valence-electron chi connectivity index (χ3n) is 5.61. The standard InChI is InChI=1S/C27H22BrClN2O5/c1-15-6-4-7-17(10-15)14-36-24-20(28)12-18(13-23(24)35-3)11-19-25(32)30-27(34)31(26(19)33)22-9-5-8-21(29)16(22)2/h4-13H,14H2,1-3H3,(H,30,32,34)/b19-11+. The number of methoxy groups -OCH3 is 1. The fraction of sp³-hybridized carbons (Fsp3) is 0.148. The number of imide groups is 2. The van der Waals surface area contributed by atoms with Gasteiger partial charge in [0, 0.05) is 5.02 Å². The number of halogens is 2. The Kier molecular flexibility index (Phi) is 7.47. The molecule has 0 radical (unpaired) electrons. The SMILES string of the molecule is COc1cc(/C=C2\C(=O)NC(=O)N(c3cccc(Cl)c3C)C2=O)cc(Br)c1OCc1cccc(C)c1. The van der Waals surface area contributed by atoms with E-state index in [4.69, 9.17) is 21.1 Å². The second-order valence-electron chi connectivity index (χ2n) is 8.15. The quantitative estimate of drug-likeness (QED) is 0.292. The number of carbonyl (C=O) groups is 3. The number of benzene rings is 3. The molecule has 1 heterocycles. The first-order valence-corrected chi connectivity index (χ1v) is 12.1. The zero-order valence-corrected chi connectivity index (χ0v) is 22.1. The summed E-state index contributed by atoms with van der Waals surface area (Å²) in [5, 5.41) is 2.62. The molecule has 36 heavy (non-hydrogen) atoms. The molecule has 3 aromatic carbocycles. The van der Waals surface area contributed by atoms with Crippen LogP contribution in [0.3, 0.4) is 0 Å². The molecule has 4 rings (SSSR count). The summed E-state index contributed by atoms with van der Waals surface area (Å²) < 4.78 is 12.1. The molecule has 1 aliphatic rings. The van der Waals surface area contributed by atoms with Gasteiger partial charge < -0.3 is 9.47 Å². The van der Waals surface area contributed by atoms with Crippen molar-refractivity contribution < 1.29 is 23.9 Å². The molecular formula is C27H22BrClN2O5. The molecule has 1 N–H and O–H groups in total. The Labute approximate surface area is 221 Å². The maximum absolute atomic E-state index is 13.3. The first-order chi connectivity index (χ1) is 17.2. The van der Waals surface area contributed by atoms with Crippen LogP contribution in [0.4, 0.5) is 10.5 Å². The molecule has 1 fully saturated rings. The number of barbiturate groups is 1. The summed E-state index contributed by atoms with van der Waals surface area (Å²) in [6.07, 6.45) is 1.40. The van der Waals surface area contributed by atoms with Gasteiger partial charge in [0.25, 0.3) is 11.8 Å². The van der Waals surface area contributed by atoms with E-state index in [1.54, 1.807) is 37.3 Å². The van der Waals surface area contributed by atoms with E-state index >= 15 is 0 Å². The van der Waals surface area contributed by atoms with Gasteiger partial charge in [-0.05, 0) is 76.8 Å². The van der Waals surface area contributed by atoms with Crippen LogP contribution in [0.25, 0.3) is 6.08 Å². The van der Waals surface area contributed by atoms with Gasteiger partial charge in [-0.15, -0.1) is 0 Å². The largest absolute Gasteiger partial charge is 0.493 e. The topological polar surface area (TPSA) is 84.9 Å². The number of aryl methyl sites for hydroxylation is 1. The van der Waals surface area contributed by atoms with Gasteiger partial charge in [0.2, 0.25) is 0 Å². The predicted octanol–water partition coefficient (Wildman–Crippen LogP) is 5.97. The number of ether oxygens (including phenoxy) is 2. The van der Waals surface area contributed by atoms with E-state index in [0.717, 1.165) is 16.0 Å². The molecule has 3 aromatic rings. The lowest BCUT2D eigenvalue weighted by molar-refractivity contribution is -0.122. The smallest absolute Gasteiger partial charge is 0.335 e. The highest BCUT2D eigenvalue weighted by molar-refractivity contribution is 9.10. The minimum Gasteiger partial charge on any atom is -0.493 e. The molecule has 0 bridgehead atoms. The molecule has 1 saturated heterocycles. The maximum atomic E-state index is 13.3. The lowest BCUT2D eigenvalue weighted by atomic mass is 10.1. The summed E-state index contributed by atoms with van der Waals surface area (Å²) in [4.78, 5) is 39.3. The van der Waals surface area contributed by atoms with E-state index in [1.807, 2.05) is 31.2 Å². The number of nitrogens with one attached hydrogen (secondary N) is 1. The molecule has 0 unspecified atom stereocenters. The van der Waals surface area contributed by atoms with Gasteiger partial charge in [0.1, 0.15) is 12.2 Å². The Bertz CT molecular complexity index is 1420. The molecule has 9 heteroatoms. The molecule has 1 aliphatic heterocycles. The molecule has 0 atom stereocenters. The zero-order valence-electron chi connectivity index (χ0n) is 19.7. The average molecular weight is 570 g/mol. The maximum Gasteiger partial charge on any atom is 0.335 e. The van der Waals surface area contributed by atoms with Crippen LogP contribution in [0.15, 0.2) is 64.6 Å². The highest BCUT2D eigenvalue weighted by atomic mass is 79.9. The second kappa shape index (κ2) is 10.6. The zero-order chi connectivity index (χ0) is 26.0. The summed E-state index contributed by atoms with van der Waals surface area (Å²) in [5.74, 6) is -0.669. The predicted molar refractivity (Wildman–Crippen MR) is 141 cm³/mol. The van der Waals surface area contributed by atoms with Gasteiger partial charge >= 0.3 is 6.03 Å². The van der Waals surface area contributed by atoms with Crippen molar-refractivity contribution in [2.45, 2.75) is 20.5 Å². The Morgan fingerprint density at radius 1 is 1.06 bits per heavy atom. The number of rotatable bonds is 6. The Hall–Kier alpha value is -3.62. The van der Waals surface area contributed by atoms with E-state index < -0.39 is 17.8 Å². The van der Waals surface area contributed by atoms with Gasteiger partial charge in [-0.1, -0.05) is 47.5 Å². The highest BCUT2D eigenvalue weighted by Gasteiger charge is 2.37. The fourth-order valence-corrected chi connectivity index (χ4v) is 4.55. The summed E-state index contributed by atoms with van der Waals surface area (Å²) in [6, 6.07) is 15.3. The van der Waals surface area contributed by atoms with Crippen LogP contribution < -0.4 is 19.7 Å². The minimum atomic E-state index is -0.842. The van der Waals surface area contributed by atoms with Crippen LogP contribution >= 0.6 is 27.5 Å². The van der Waals surface area contributed by atoms with Crippen molar-refractivity contribution >= 4 is 57.1 Å². The van der Waals surface area contributed by atoms with Crippen LogP contribution in [0.2, 0.25) is 5.02 Å². The number of urea groups is 1. The molecule has 0 aromatic heterocycles. The molecule has 4 amide bonds. The molecule has 0 saturated carbocycles. The second-order valence-corrected chi connectivity index (χ2v) is 9.42. The van der Waals surface area contributed by atoms with Crippen LogP contribution in [0.5, 0.6) is 11.5 Å². The fourth-order valence-electron chi connectivity index (χ4n) is 3.80. The summed E-state index contributed by atoms with van der Waals surface area (Å²) in [7, 11) is 1.50. The number of hydrogen-bond donors (Lipinski definition) is 1. The Balaban J connectivity index is 1.66. The summed E-state index contributed by atoms with van der Waals surface area (Å²) in [5.41, 5.74) is 3.24. The van der Waals surface area contributed by atoms with Crippen molar-refractivity contribution in [1.29, 1.82) is 0 Å². The van der Waals surface area contributed by atoms with Gasteiger partial charge in [0.05, 0.1) is 17.3 Å². The van der Waals surface area contributed by atoms with Gasteiger partial charge in [-0.3, -0.25) is 14.9 Å². The van der Waals surface area contributed by atoms with Crippen molar-refractivity contribution in [3.63, 3.8) is 0 Å². The first-order valence-electron chi connectivity index (χ1n) is 10.9. The molecular weight excluding hydrogens is 548 g/mol. The normalized spacial score (nSPS) is 14.8. The summed E-state index contributed by atoms with van der Waals surface area (Å²) >= 11 is 9.68. The highest BCUT2D eigenvalue weighted by Crippen LogP contribution is 2.38. The minimum absolute atomic E-state index is 0.212. The van der Waals surface area contributed by atoms with Crippen molar-refractivity contribution in [3.8, 4) is 11.5 Å². The van der Waals surface area contributed by atoms with E-state index in [9.17, 15) is 14.4 Å². The van der Waals surface area contributed by atoms with E-state index in [2.05, 4.69) is 21.2 Å². The molecule has 7 nitrogen and oxygen atoms in total. The Morgan fingerprint density at radius 2 is 1.81 bits per heavy atom. The van der Waals surface area contributed by atoms with Crippen LogP contribution in [-0.2, 0) is 16.2 Å². The van der Waals surface area contributed by atoms with Crippen LogP contribution in [0, 0.1) is 13.8 Å². The number of anilines is 1. The summed E-state index contributed by atoms with van der Waals surface area (Å²) in [6.45, 7) is 4.02.